The van der Waals surface area contributed by atoms with E-state index in [9.17, 15) is 0 Å². The van der Waals surface area contributed by atoms with E-state index in [2.05, 4.69) is 6.92 Å². The number of benzene rings is 1. The van der Waals surface area contributed by atoms with E-state index >= 15 is 0 Å². The Hall–Kier alpha value is -1.06. The van der Waals surface area contributed by atoms with E-state index in [-0.39, 0.29) is 12.1 Å². The van der Waals surface area contributed by atoms with E-state index in [4.69, 9.17) is 15.2 Å². The minimum Gasteiger partial charge on any atom is -0.497 e. The first-order chi connectivity index (χ1) is 8.19. The Morgan fingerprint density at radius 2 is 1.88 bits per heavy atom. The summed E-state index contributed by atoms with van der Waals surface area (Å²) in [6, 6.07) is 7.89. The molecule has 0 heterocycles. The highest BCUT2D eigenvalue weighted by molar-refractivity contribution is 5.29. The summed E-state index contributed by atoms with van der Waals surface area (Å²) in [4.78, 5) is 0. The largest absolute Gasteiger partial charge is 0.497 e. The molecule has 1 aromatic carbocycles. The number of unbranched alkanes of at least 4 members (excludes halogenated alkanes) is 1. The third-order valence-electron chi connectivity index (χ3n) is 2.72. The third kappa shape index (κ3) is 4.36. The van der Waals surface area contributed by atoms with Gasteiger partial charge in [-0.05, 0) is 31.0 Å². The van der Waals surface area contributed by atoms with Crippen LogP contribution in [-0.2, 0) is 4.74 Å². The zero-order chi connectivity index (χ0) is 12.7. The Labute approximate surface area is 104 Å². The fourth-order valence-corrected chi connectivity index (χ4v) is 1.70. The average Bonchev–Trinajstić information content (AvgIpc) is 2.34. The van der Waals surface area contributed by atoms with Gasteiger partial charge in [-0.15, -0.1) is 0 Å². The van der Waals surface area contributed by atoms with E-state index in [1.54, 1.807) is 7.11 Å². The van der Waals surface area contributed by atoms with Crippen molar-refractivity contribution in [2.45, 2.75) is 38.8 Å². The van der Waals surface area contributed by atoms with Crippen LogP contribution in [0.25, 0.3) is 0 Å². The van der Waals surface area contributed by atoms with Crippen molar-refractivity contribution in [2.24, 2.45) is 5.73 Å². The predicted octanol–water partition coefficient (Wildman–Crippen LogP) is 2.90. The highest BCUT2D eigenvalue weighted by Gasteiger charge is 2.16. The SMILES string of the molecule is CCCCOC(c1ccc(OC)cc1)C(C)N. The second-order valence-corrected chi connectivity index (χ2v) is 4.28. The van der Waals surface area contributed by atoms with Crippen LogP contribution in [0.5, 0.6) is 5.75 Å². The van der Waals surface area contributed by atoms with Crippen molar-refractivity contribution in [1.82, 2.24) is 0 Å². The lowest BCUT2D eigenvalue weighted by atomic mass is 10.0. The molecule has 1 aromatic rings. The smallest absolute Gasteiger partial charge is 0.118 e. The standard InChI is InChI=1S/C14H23NO2/c1-4-5-10-17-14(11(2)15)12-6-8-13(16-3)9-7-12/h6-9,11,14H,4-5,10,15H2,1-3H3. The van der Waals surface area contributed by atoms with Gasteiger partial charge in [-0.3, -0.25) is 0 Å². The van der Waals surface area contributed by atoms with Crippen LogP contribution in [0, 0.1) is 0 Å². The van der Waals surface area contributed by atoms with Crippen molar-refractivity contribution in [3.05, 3.63) is 29.8 Å². The molecule has 2 N–H and O–H groups in total. The molecule has 2 atom stereocenters. The van der Waals surface area contributed by atoms with Crippen molar-refractivity contribution in [3.63, 3.8) is 0 Å². The molecule has 0 fully saturated rings. The normalized spacial score (nSPS) is 14.4. The Bertz CT molecular complexity index is 309. The number of hydrogen-bond donors (Lipinski definition) is 1. The number of rotatable bonds is 7. The van der Waals surface area contributed by atoms with Crippen molar-refractivity contribution in [3.8, 4) is 5.75 Å². The van der Waals surface area contributed by atoms with Gasteiger partial charge < -0.3 is 15.2 Å². The van der Waals surface area contributed by atoms with Gasteiger partial charge in [0.05, 0.1) is 13.2 Å². The first-order valence-corrected chi connectivity index (χ1v) is 6.20. The van der Waals surface area contributed by atoms with Crippen LogP contribution in [0.2, 0.25) is 0 Å². The van der Waals surface area contributed by atoms with Gasteiger partial charge in [0.1, 0.15) is 5.75 Å². The molecular weight excluding hydrogens is 214 g/mol. The first-order valence-electron chi connectivity index (χ1n) is 6.20. The summed E-state index contributed by atoms with van der Waals surface area (Å²) in [5, 5.41) is 0. The molecule has 0 saturated heterocycles. The van der Waals surface area contributed by atoms with Crippen molar-refractivity contribution in [2.75, 3.05) is 13.7 Å². The minimum absolute atomic E-state index is 0.0137. The van der Waals surface area contributed by atoms with Gasteiger partial charge in [0.2, 0.25) is 0 Å². The lowest BCUT2D eigenvalue weighted by Crippen LogP contribution is -2.27. The fraction of sp³-hybridized carbons (Fsp3) is 0.571. The van der Waals surface area contributed by atoms with Crippen LogP contribution >= 0.6 is 0 Å². The fourth-order valence-electron chi connectivity index (χ4n) is 1.70. The molecule has 0 spiro atoms. The van der Waals surface area contributed by atoms with Gasteiger partial charge in [-0.1, -0.05) is 25.5 Å². The summed E-state index contributed by atoms with van der Waals surface area (Å²) in [6.07, 6.45) is 2.17. The molecule has 96 valence electrons. The molecule has 0 aliphatic carbocycles. The molecule has 1 rings (SSSR count). The molecule has 3 heteroatoms. The molecule has 0 aliphatic heterocycles. The van der Waals surface area contributed by atoms with Crippen molar-refractivity contribution < 1.29 is 9.47 Å². The molecule has 0 radical (unpaired) electrons. The Morgan fingerprint density at radius 3 is 2.35 bits per heavy atom. The summed E-state index contributed by atoms with van der Waals surface area (Å²) < 4.78 is 11.0. The molecule has 2 unspecified atom stereocenters. The van der Waals surface area contributed by atoms with Gasteiger partial charge in [0.25, 0.3) is 0 Å². The van der Waals surface area contributed by atoms with E-state index in [1.165, 1.54) is 0 Å². The maximum absolute atomic E-state index is 5.97. The van der Waals surface area contributed by atoms with E-state index in [1.807, 2.05) is 31.2 Å². The summed E-state index contributed by atoms with van der Waals surface area (Å²) in [6.45, 7) is 4.88. The predicted molar refractivity (Wildman–Crippen MR) is 70.2 cm³/mol. The first kappa shape index (κ1) is 14.0. The molecular formula is C14H23NO2. The van der Waals surface area contributed by atoms with Gasteiger partial charge in [0.15, 0.2) is 0 Å². The maximum Gasteiger partial charge on any atom is 0.118 e. The van der Waals surface area contributed by atoms with Crippen LogP contribution in [0.15, 0.2) is 24.3 Å². The summed E-state index contributed by atoms with van der Waals surface area (Å²) >= 11 is 0. The van der Waals surface area contributed by atoms with Crippen LogP contribution in [0.1, 0.15) is 38.4 Å². The zero-order valence-electron chi connectivity index (χ0n) is 11.0. The summed E-state index contributed by atoms with van der Waals surface area (Å²) in [7, 11) is 1.66. The average molecular weight is 237 g/mol. The van der Waals surface area contributed by atoms with Crippen LogP contribution in [-0.4, -0.2) is 19.8 Å². The number of methoxy groups -OCH3 is 1. The highest BCUT2D eigenvalue weighted by atomic mass is 16.5. The third-order valence-corrected chi connectivity index (χ3v) is 2.72. The Balaban J connectivity index is 2.68. The summed E-state index contributed by atoms with van der Waals surface area (Å²) in [5.74, 6) is 0.853. The van der Waals surface area contributed by atoms with E-state index < -0.39 is 0 Å². The van der Waals surface area contributed by atoms with E-state index in [0.29, 0.717) is 0 Å². The van der Waals surface area contributed by atoms with Crippen molar-refractivity contribution >= 4 is 0 Å². The van der Waals surface area contributed by atoms with E-state index in [0.717, 1.165) is 30.8 Å². The lowest BCUT2D eigenvalue weighted by molar-refractivity contribution is 0.0365. The number of hydrogen-bond acceptors (Lipinski definition) is 3. The molecule has 17 heavy (non-hydrogen) atoms. The van der Waals surface area contributed by atoms with Crippen LogP contribution < -0.4 is 10.5 Å². The Kier molecular flexibility index (Phi) is 6.01. The van der Waals surface area contributed by atoms with Gasteiger partial charge in [-0.2, -0.15) is 0 Å². The molecule has 0 aromatic heterocycles. The van der Waals surface area contributed by atoms with Gasteiger partial charge in [-0.25, -0.2) is 0 Å². The molecule has 0 amide bonds. The van der Waals surface area contributed by atoms with Crippen LogP contribution in [0.4, 0.5) is 0 Å². The molecule has 0 aliphatic rings. The van der Waals surface area contributed by atoms with Crippen LogP contribution in [0.3, 0.4) is 0 Å². The molecule has 0 bridgehead atoms. The topological polar surface area (TPSA) is 44.5 Å². The minimum atomic E-state index is -0.0348. The highest BCUT2D eigenvalue weighted by Crippen LogP contribution is 2.23. The zero-order valence-corrected chi connectivity index (χ0v) is 11.0. The van der Waals surface area contributed by atoms with Gasteiger partial charge in [0, 0.05) is 12.6 Å². The van der Waals surface area contributed by atoms with Crippen molar-refractivity contribution in [1.29, 1.82) is 0 Å². The molecule has 3 nitrogen and oxygen atoms in total. The monoisotopic (exact) mass is 237 g/mol. The quantitative estimate of drug-likeness (QED) is 0.742. The van der Waals surface area contributed by atoms with Gasteiger partial charge >= 0.3 is 0 Å². The Morgan fingerprint density at radius 1 is 1.24 bits per heavy atom. The molecule has 0 saturated carbocycles. The maximum atomic E-state index is 5.97. The number of ether oxygens (including phenoxy) is 2. The lowest BCUT2D eigenvalue weighted by Gasteiger charge is -2.22. The second kappa shape index (κ2) is 7.30. The number of nitrogens with two attached hydrogens (primary N) is 1. The second-order valence-electron chi connectivity index (χ2n) is 4.28. The summed E-state index contributed by atoms with van der Waals surface area (Å²) in [5.41, 5.74) is 7.07.